The van der Waals surface area contributed by atoms with E-state index < -0.39 is 0 Å². The van der Waals surface area contributed by atoms with E-state index in [1.807, 2.05) is 0 Å². The molecule has 15 heavy (non-hydrogen) atoms. The second kappa shape index (κ2) is 4.26. The van der Waals surface area contributed by atoms with Crippen molar-refractivity contribution in [2.24, 2.45) is 5.73 Å². The lowest BCUT2D eigenvalue weighted by Gasteiger charge is -2.00. The second-order valence-electron chi connectivity index (χ2n) is 3.28. The van der Waals surface area contributed by atoms with Gasteiger partial charge in [-0.25, -0.2) is 4.39 Å². The van der Waals surface area contributed by atoms with Crippen molar-refractivity contribution in [1.82, 2.24) is 0 Å². The molecule has 2 aromatic rings. The Balaban J connectivity index is 2.65. The summed E-state index contributed by atoms with van der Waals surface area (Å²) in [6.45, 7) is 0.954. The smallest absolute Gasteiger partial charge is 0.123 e. The number of rotatable bonds is 3. The standard InChI is InChI=1S/C11H12FNOS/c1-14-6-9-8-4-7(12)2-3-10(8)15-11(9)5-13/h2-4H,5-6,13H2,1H3. The molecule has 0 aliphatic carbocycles. The third-order valence-corrected chi connectivity index (χ3v) is 3.55. The normalized spacial score (nSPS) is 11.1. The van der Waals surface area contributed by atoms with Crippen molar-refractivity contribution in [3.05, 3.63) is 34.5 Å². The summed E-state index contributed by atoms with van der Waals surface area (Å²) in [6, 6.07) is 4.79. The van der Waals surface area contributed by atoms with Gasteiger partial charge in [-0.05, 0) is 18.2 Å². The van der Waals surface area contributed by atoms with Gasteiger partial charge in [0.2, 0.25) is 0 Å². The van der Waals surface area contributed by atoms with E-state index in [9.17, 15) is 4.39 Å². The van der Waals surface area contributed by atoms with E-state index in [1.54, 1.807) is 30.6 Å². The fourth-order valence-corrected chi connectivity index (χ4v) is 2.71. The second-order valence-corrected chi connectivity index (χ2v) is 4.42. The third-order valence-electron chi connectivity index (χ3n) is 2.31. The first-order valence-corrected chi connectivity index (χ1v) is 5.46. The lowest BCUT2D eigenvalue weighted by atomic mass is 10.1. The van der Waals surface area contributed by atoms with E-state index in [1.165, 1.54) is 6.07 Å². The molecular formula is C11H12FNOS. The van der Waals surface area contributed by atoms with Gasteiger partial charge in [-0.15, -0.1) is 11.3 Å². The first-order chi connectivity index (χ1) is 7.26. The molecule has 0 spiro atoms. The average molecular weight is 225 g/mol. The first-order valence-electron chi connectivity index (χ1n) is 4.65. The number of thiophene rings is 1. The third kappa shape index (κ3) is 1.88. The molecule has 0 saturated carbocycles. The van der Waals surface area contributed by atoms with Crippen molar-refractivity contribution < 1.29 is 9.13 Å². The predicted molar refractivity (Wildman–Crippen MR) is 60.4 cm³/mol. The maximum Gasteiger partial charge on any atom is 0.123 e. The van der Waals surface area contributed by atoms with Crippen molar-refractivity contribution in [3.8, 4) is 0 Å². The maximum absolute atomic E-state index is 13.1. The molecule has 1 heterocycles. The lowest BCUT2D eigenvalue weighted by Crippen LogP contribution is -1.98. The quantitative estimate of drug-likeness (QED) is 0.871. The Morgan fingerprint density at radius 1 is 1.47 bits per heavy atom. The van der Waals surface area contributed by atoms with Crippen LogP contribution in [0.3, 0.4) is 0 Å². The zero-order valence-electron chi connectivity index (χ0n) is 8.42. The molecule has 1 aromatic heterocycles. The molecule has 1 aromatic carbocycles. The molecule has 0 radical (unpaired) electrons. The number of halogens is 1. The van der Waals surface area contributed by atoms with E-state index >= 15 is 0 Å². The number of hydrogen-bond acceptors (Lipinski definition) is 3. The van der Waals surface area contributed by atoms with Crippen LogP contribution in [-0.2, 0) is 17.9 Å². The van der Waals surface area contributed by atoms with E-state index in [-0.39, 0.29) is 5.82 Å². The molecule has 0 saturated heterocycles. The van der Waals surface area contributed by atoms with Crippen LogP contribution in [0.1, 0.15) is 10.4 Å². The van der Waals surface area contributed by atoms with Crippen LogP contribution in [0.5, 0.6) is 0 Å². The number of benzene rings is 1. The van der Waals surface area contributed by atoms with E-state index in [2.05, 4.69) is 0 Å². The number of fused-ring (bicyclic) bond motifs is 1. The first kappa shape index (κ1) is 10.5. The predicted octanol–water partition coefficient (Wildman–Crippen LogP) is 2.65. The minimum Gasteiger partial charge on any atom is -0.380 e. The Kier molecular flexibility index (Phi) is 3.00. The molecule has 80 valence electrons. The molecule has 0 fully saturated rings. The van der Waals surface area contributed by atoms with Gasteiger partial charge in [0.1, 0.15) is 5.82 Å². The molecule has 0 aliphatic heterocycles. The van der Waals surface area contributed by atoms with Gasteiger partial charge < -0.3 is 10.5 Å². The number of ether oxygens (including phenoxy) is 1. The molecule has 0 aliphatic rings. The lowest BCUT2D eigenvalue weighted by molar-refractivity contribution is 0.185. The summed E-state index contributed by atoms with van der Waals surface area (Å²) in [5, 5.41) is 0.919. The van der Waals surface area contributed by atoms with Crippen LogP contribution in [0.2, 0.25) is 0 Å². The summed E-state index contributed by atoms with van der Waals surface area (Å²) in [7, 11) is 1.63. The van der Waals surface area contributed by atoms with Crippen molar-refractivity contribution >= 4 is 21.4 Å². The summed E-state index contributed by atoms with van der Waals surface area (Å²) >= 11 is 1.60. The van der Waals surface area contributed by atoms with Crippen LogP contribution in [0.25, 0.3) is 10.1 Å². The van der Waals surface area contributed by atoms with Crippen LogP contribution < -0.4 is 5.73 Å². The summed E-state index contributed by atoms with van der Waals surface area (Å²) in [5.74, 6) is -0.221. The van der Waals surface area contributed by atoms with Gasteiger partial charge in [0, 0.05) is 34.2 Å². The van der Waals surface area contributed by atoms with Crippen molar-refractivity contribution in [2.45, 2.75) is 13.2 Å². The molecule has 2 N–H and O–H groups in total. The van der Waals surface area contributed by atoms with Crippen molar-refractivity contribution in [1.29, 1.82) is 0 Å². The van der Waals surface area contributed by atoms with E-state index in [0.717, 1.165) is 20.5 Å². The Labute approximate surface area is 91.5 Å². The molecule has 4 heteroatoms. The van der Waals surface area contributed by atoms with Crippen LogP contribution in [-0.4, -0.2) is 7.11 Å². The van der Waals surface area contributed by atoms with Gasteiger partial charge in [-0.1, -0.05) is 0 Å². The van der Waals surface area contributed by atoms with Crippen LogP contribution in [0.15, 0.2) is 18.2 Å². The van der Waals surface area contributed by atoms with Gasteiger partial charge in [-0.2, -0.15) is 0 Å². The van der Waals surface area contributed by atoms with E-state index in [4.69, 9.17) is 10.5 Å². The summed E-state index contributed by atoms with van der Waals surface area (Å²) in [4.78, 5) is 1.07. The molecule has 0 atom stereocenters. The minimum atomic E-state index is -0.221. The summed E-state index contributed by atoms with van der Waals surface area (Å²) in [5.41, 5.74) is 6.66. The SMILES string of the molecule is COCc1c(CN)sc2ccc(F)cc12. The highest BCUT2D eigenvalue weighted by atomic mass is 32.1. The zero-order valence-corrected chi connectivity index (χ0v) is 9.23. The minimum absolute atomic E-state index is 0.221. The zero-order chi connectivity index (χ0) is 10.8. The van der Waals surface area contributed by atoms with Crippen LogP contribution >= 0.6 is 11.3 Å². The monoisotopic (exact) mass is 225 g/mol. The van der Waals surface area contributed by atoms with Crippen molar-refractivity contribution in [2.75, 3.05) is 7.11 Å². The van der Waals surface area contributed by atoms with Gasteiger partial charge in [0.25, 0.3) is 0 Å². The largest absolute Gasteiger partial charge is 0.380 e. The van der Waals surface area contributed by atoms with Gasteiger partial charge in [-0.3, -0.25) is 0 Å². The topological polar surface area (TPSA) is 35.2 Å². The molecule has 0 bridgehead atoms. The Morgan fingerprint density at radius 2 is 2.27 bits per heavy atom. The molecule has 2 rings (SSSR count). The van der Waals surface area contributed by atoms with Crippen LogP contribution in [0.4, 0.5) is 4.39 Å². The van der Waals surface area contributed by atoms with E-state index in [0.29, 0.717) is 13.2 Å². The summed E-state index contributed by atoms with van der Waals surface area (Å²) in [6.07, 6.45) is 0. The Morgan fingerprint density at radius 3 is 2.93 bits per heavy atom. The molecular weight excluding hydrogens is 213 g/mol. The summed E-state index contributed by atoms with van der Waals surface area (Å²) < 4.78 is 19.3. The molecule has 2 nitrogen and oxygen atoms in total. The van der Waals surface area contributed by atoms with Gasteiger partial charge in [0.15, 0.2) is 0 Å². The highest BCUT2D eigenvalue weighted by Gasteiger charge is 2.11. The van der Waals surface area contributed by atoms with Crippen molar-refractivity contribution in [3.63, 3.8) is 0 Å². The highest BCUT2D eigenvalue weighted by Crippen LogP contribution is 2.32. The fraction of sp³-hybridized carbons (Fsp3) is 0.273. The van der Waals surface area contributed by atoms with Crippen LogP contribution in [0, 0.1) is 5.82 Å². The number of hydrogen-bond donors (Lipinski definition) is 1. The molecule has 0 unspecified atom stereocenters. The maximum atomic E-state index is 13.1. The Hall–Kier alpha value is -0.970. The van der Waals surface area contributed by atoms with Gasteiger partial charge in [0.05, 0.1) is 6.61 Å². The Bertz CT molecular complexity index is 481. The molecule has 0 amide bonds. The van der Waals surface area contributed by atoms with Gasteiger partial charge >= 0.3 is 0 Å². The highest BCUT2D eigenvalue weighted by molar-refractivity contribution is 7.19. The number of methoxy groups -OCH3 is 1. The fourth-order valence-electron chi connectivity index (χ4n) is 1.64. The average Bonchev–Trinajstić information content (AvgIpc) is 2.57. The number of nitrogens with two attached hydrogens (primary N) is 1.